The maximum Gasteiger partial charge on any atom is 0.307 e. The first-order valence-corrected chi connectivity index (χ1v) is 5.45. The molecular formula is C12H14N2O3. The Kier molecular flexibility index (Phi) is 3.39. The number of ether oxygens (including phenoxy) is 1. The average Bonchev–Trinajstić information content (AvgIpc) is 2.75. The molecule has 2 aromatic heterocycles. The minimum absolute atomic E-state index is 0.141. The molecule has 0 saturated heterocycles. The van der Waals surface area contributed by atoms with Crippen LogP contribution in [0.2, 0.25) is 0 Å². The van der Waals surface area contributed by atoms with E-state index in [1.165, 1.54) is 0 Å². The van der Waals surface area contributed by atoms with E-state index in [0.717, 1.165) is 11.1 Å². The van der Waals surface area contributed by atoms with Crippen molar-refractivity contribution >= 4 is 17.1 Å². The van der Waals surface area contributed by atoms with Gasteiger partial charge in [-0.2, -0.15) is 0 Å². The summed E-state index contributed by atoms with van der Waals surface area (Å²) in [6, 6.07) is 3.15. The SMILES string of the molecule is CCOC(=O)CC(N)c1cnc2ccoc2c1. The highest BCUT2D eigenvalue weighted by Gasteiger charge is 2.13. The van der Waals surface area contributed by atoms with E-state index in [-0.39, 0.29) is 12.4 Å². The van der Waals surface area contributed by atoms with Crippen molar-refractivity contribution in [2.45, 2.75) is 19.4 Å². The van der Waals surface area contributed by atoms with Crippen molar-refractivity contribution in [1.29, 1.82) is 0 Å². The van der Waals surface area contributed by atoms with Crippen LogP contribution in [0.1, 0.15) is 24.9 Å². The van der Waals surface area contributed by atoms with Crippen molar-refractivity contribution in [2.24, 2.45) is 5.73 Å². The molecule has 0 aliphatic carbocycles. The van der Waals surface area contributed by atoms with Gasteiger partial charge in [-0.25, -0.2) is 0 Å². The van der Waals surface area contributed by atoms with E-state index >= 15 is 0 Å². The van der Waals surface area contributed by atoms with Gasteiger partial charge in [0.1, 0.15) is 5.52 Å². The Labute approximate surface area is 98.6 Å². The summed E-state index contributed by atoms with van der Waals surface area (Å²) in [6.07, 6.45) is 3.36. The highest BCUT2D eigenvalue weighted by atomic mass is 16.5. The number of esters is 1. The number of pyridine rings is 1. The summed E-state index contributed by atoms with van der Waals surface area (Å²) >= 11 is 0. The van der Waals surface area contributed by atoms with Crippen LogP contribution in [0.15, 0.2) is 29.0 Å². The lowest BCUT2D eigenvalue weighted by Gasteiger charge is -2.10. The Balaban J connectivity index is 2.12. The number of furan rings is 1. The second kappa shape index (κ2) is 4.97. The Hall–Kier alpha value is -1.88. The first-order chi connectivity index (χ1) is 8.20. The van der Waals surface area contributed by atoms with Crippen molar-refractivity contribution in [3.8, 4) is 0 Å². The van der Waals surface area contributed by atoms with Gasteiger partial charge >= 0.3 is 5.97 Å². The Morgan fingerprint density at radius 1 is 1.65 bits per heavy atom. The maximum absolute atomic E-state index is 11.3. The van der Waals surface area contributed by atoms with E-state index in [4.69, 9.17) is 14.9 Å². The number of nitrogens with two attached hydrogens (primary N) is 1. The van der Waals surface area contributed by atoms with Crippen molar-refractivity contribution in [3.63, 3.8) is 0 Å². The molecule has 0 bridgehead atoms. The van der Waals surface area contributed by atoms with E-state index in [2.05, 4.69) is 4.98 Å². The van der Waals surface area contributed by atoms with Gasteiger partial charge in [0.05, 0.1) is 19.3 Å². The van der Waals surface area contributed by atoms with Crippen molar-refractivity contribution < 1.29 is 13.9 Å². The molecule has 0 aliphatic heterocycles. The highest BCUT2D eigenvalue weighted by molar-refractivity contribution is 5.74. The smallest absolute Gasteiger partial charge is 0.307 e. The van der Waals surface area contributed by atoms with E-state index in [1.807, 2.05) is 0 Å². The fourth-order valence-corrected chi connectivity index (χ4v) is 1.58. The lowest BCUT2D eigenvalue weighted by molar-refractivity contribution is -0.143. The first-order valence-electron chi connectivity index (χ1n) is 5.45. The van der Waals surface area contributed by atoms with Gasteiger partial charge in [0.25, 0.3) is 0 Å². The predicted molar refractivity (Wildman–Crippen MR) is 62.2 cm³/mol. The molecule has 0 fully saturated rings. The summed E-state index contributed by atoms with van der Waals surface area (Å²) in [6.45, 7) is 2.13. The van der Waals surface area contributed by atoms with Crippen LogP contribution in [-0.4, -0.2) is 17.6 Å². The number of carbonyl (C=O) groups is 1. The molecule has 2 rings (SSSR count). The molecule has 5 nitrogen and oxygen atoms in total. The van der Waals surface area contributed by atoms with E-state index in [1.54, 1.807) is 31.5 Å². The second-order valence-corrected chi connectivity index (χ2v) is 3.69. The molecule has 2 aromatic rings. The van der Waals surface area contributed by atoms with Gasteiger partial charge in [0.2, 0.25) is 0 Å². The number of hydrogen-bond donors (Lipinski definition) is 1. The van der Waals surface area contributed by atoms with Crippen LogP contribution in [0, 0.1) is 0 Å². The van der Waals surface area contributed by atoms with Gasteiger partial charge in [-0.15, -0.1) is 0 Å². The molecule has 2 heterocycles. The zero-order valence-corrected chi connectivity index (χ0v) is 9.55. The largest absolute Gasteiger partial charge is 0.466 e. The van der Waals surface area contributed by atoms with Gasteiger partial charge in [0.15, 0.2) is 5.58 Å². The fourth-order valence-electron chi connectivity index (χ4n) is 1.58. The number of hydrogen-bond acceptors (Lipinski definition) is 5. The lowest BCUT2D eigenvalue weighted by atomic mass is 10.1. The molecule has 90 valence electrons. The molecule has 0 saturated carbocycles. The molecule has 0 aliphatic rings. The third kappa shape index (κ3) is 2.62. The van der Waals surface area contributed by atoms with Crippen LogP contribution in [0.3, 0.4) is 0 Å². The Bertz CT molecular complexity index is 521. The molecule has 2 N–H and O–H groups in total. The van der Waals surface area contributed by atoms with Crippen LogP contribution in [0.25, 0.3) is 11.1 Å². The lowest BCUT2D eigenvalue weighted by Crippen LogP contribution is -2.17. The zero-order valence-electron chi connectivity index (χ0n) is 9.55. The molecule has 0 amide bonds. The number of nitrogens with zero attached hydrogens (tertiary/aromatic N) is 1. The molecule has 17 heavy (non-hydrogen) atoms. The molecular weight excluding hydrogens is 220 g/mol. The molecule has 0 aromatic carbocycles. The van der Waals surface area contributed by atoms with E-state index < -0.39 is 6.04 Å². The van der Waals surface area contributed by atoms with Crippen LogP contribution >= 0.6 is 0 Å². The summed E-state index contributed by atoms with van der Waals surface area (Å²) in [5.41, 5.74) is 8.11. The number of carbonyl (C=O) groups excluding carboxylic acids is 1. The summed E-state index contributed by atoms with van der Waals surface area (Å²) in [7, 11) is 0. The minimum atomic E-state index is -0.420. The van der Waals surface area contributed by atoms with Crippen molar-refractivity contribution in [3.05, 3.63) is 30.2 Å². The summed E-state index contributed by atoms with van der Waals surface area (Å²) in [5.74, 6) is -0.306. The zero-order chi connectivity index (χ0) is 12.3. The topological polar surface area (TPSA) is 78.4 Å². The quantitative estimate of drug-likeness (QED) is 0.816. The number of fused-ring (bicyclic) bond motifs is 1. The van der Waals surface area contributed by atoms with Crippen molar-refractivity contribution in [1.82, 2.24) is 4.98 Å². The molecule has 5 heteroatoms. The standard InChI is InChI=1S/C12H14N2O3/c1-2-16-12(15)6-9(13)8-5-11-10(14-7-8)3-4-17-11/h3-5,7,9H,2,6,13H2,1H3. The fraction of sp³-hybridized carbons (Fsp3) is 0.333. The van der Waals surface area contributed by atoms with Gasteiger partial charge in [-0.3, -0.25) is 9.78 Å². The normalized spacial score (nSPS) is 12.6. The maximum atomic E-state index is 11.3. The van der Waals surface area contributed by atoms with Gasteiger partial charge in [-0.1, -0.05) is 0 Å². The summed E-state index contributed by atoms with van der Waals surface area (Å²) in [4.78, 5) is 15.5. The van der Waals surface area contributed by atoms with Gasteiger partial charge < -0.3 is 14.9 Å². The molecule has 0 spiro atoms. The van der Waals surface area contributed by atoms with Crippen molar-refractivity contribution in [2.75, 3.05) is 6.61 Å². The van der Waals surface area contributed by atoms with Crippen LogP contribution in [-0.2, 0) is 9.53 Å². The highest BCUT2D eigenvalue weighted by Crippen LogP contribution is 2.19. The third-order valence-corrected chi connectivity index (χ3v) is 2.44. The van der Waals surface area contributed by atoms with Crippen LogP contribution in [0.5, 0.6) is 0 Å². The molecule has 0 radical (unpaired) electrons. The second-order valence-electron chi connectivity index (χ2n) is 3.69. The van der Waals surface area contributed by atoms with E-state index in [0.29, 0.717) is 12.2 Å². The molecule has 1 atom stereocenters. The minimum Gasteiger partial charge on any atom is -0.466 e. The van der Waals surface area contributed by atoms with Crippen LogP contribution in [0.4, 0.5) is 0 Å². The number of rotatable bonds is 4. The monoisotopic (exact) mass is 234 g/mol. The Morgan fingerprint density at radius 2 is 2.47 bits per heavy atom. The summed E-state index contributed by atoms with van der Waals surface area (Å²) in [5, 5.41) is 0. The summed E-state index contributed by atoms with van der Waals surface area (Å²) < 4.78 is 10.1. The Morgan fingerprint density at radius 3 is 3.24 bits per heavy atom. The average molecular weight is 234 g/mol. The van der Waals surface area contributed by atoms with Gasteiger partial charge in [-0.05, 0) is 18.6 Å². The van der Waals surface area contributed by atoms with E-state index in [9.17, 15) is 4.79 Å². The van der Waals surface area contributed by atoms with Crippen LogP contribution < -0.4 is 5.73 Å². The first kappa shape index (κ1) is 11.6. The number of aromatic nitrogens is 1. The van der Waals surface area contributed by atoms with Gasteiger partial charge in [0, 0.05) is 18.3 Å². The molecule has 1 unspecified atom stereocenters. The predicted octanol–water partition coefficient (Wildman–Crippen LogP) is 1.78. The third-order valence-electron chi connectivity index (χ3n) is 2.44.